The van der Waals surface area contributed by atoms with Gasteiger partial charge in [-0.25, -0.2) is 0 Å². The van der Waals surface area contributed by atoms with Crippen molar-refractivity contribution < 1.29 is 9.59 Å². The van der Waals surface area contributed by atoms with Crippen molar-refractivity contribution in [3.63, 3.8) is 0 Å². The first-order valence-electron chi connectivity index (χ1n) is 7.78. The Bertz CT molecular complexity index is 249. The van der Waals surface area contributed by atoms with E-state index in [1.807, 2.05) is 0 Å². The number of hydrogen-bond acceptors (Lipinski definition) is 2. The average Bonchev–Trinajstić information content (AvgIpc) is 2.30. The van der Waals surface area contributed by atoms with Crippen molar-refractivity contribution in [2.45, 2.75) is 78.6 Å². The molecule has 0 bridgehead atoms. The Kier molecular flexibility index (Phi) is 11.6. The van der Waals surface area contributed by atoms with Crippen LogP contribution in [0.25, 0.3) is 0 Å². The third-order valence-electron chi connectivity index (χ3n) is 3.12. The van der Waals surface area contributed by atoms with Crippen molar-refractivity contribution in [2.24, 2.45) is 5.92 Å². The van der Waals surface area contributed by atoms with Gasteiger partial charge < -0.3 is 10.1 Å². The van der Waals surface area contributed by atoms with Crippen molar-refractivity contribution in [3.8, 4) is 0 Å². The number of Topliss-reactive ketones (excluding diaryl/α,β-unsaturated/α-hetero) is 1. The lowest BCUT2D eigenvalue weighted by Crippen LogP contribution is -2.25. The highest BCUT2D eigenvalue weighted by atomic mass is 16.1. The molecular weight excluding hydrogens is 238 g/mol. The van der Waals surface area contributed by atoms with Gasteiger partial charge in [0.1, 0.15) is 5.78 Å². The van der Waals surface area contributed by atoms with Gasteiger partial charge in [0.2, 0.25) is 5.91 Å². The summed E-state index contributed by atoms with van der Waals surface area (Å²) < 4.78 is 0. The van der Waals surface area contributed by atoms with E-state index in [0.29, 0.717) is 18.1 Å². The van der Waals surface area contributed by atoms with Crippen molar-refractivity contribution in [2.75, 3.05) is 6.54 Å². The summed E-state index contributed by atoms with van der Waals surface area (Å²) in [7, 11) is 0. The van der Waals surface area contributed by atoms with E-state index >= 15 is 0 Å². The Morgan fingerprint density at radius 3 is 1.95 bits per heavy atom. The standard InChI is InChI=1S/C16H31NO2/c1-14(2)13-16(19)17-12-10-8-6-4-5-7-9-11-15(3)18/h14H,4-13H2,1-3H3,(H,17,19). The molecule has 19 heavy (non-hydrogen) atoms. The zero-order valence-corrected chi connectivity index (χ0v) is 13.0. The molecule has 0 atom stereocenters. The van der Waals surface area contributed by atoms with Gasteiger partial charge in [-0.1, -0.05) is 46.0 Å². The van der Waals surface area contributed by atoms with Crippen LogP contribution in [0, 0.1) is 5.92 Å². The molecule has 0 heterocycles. The molecule has 112 valence electrons. The van der Waals surface area contributed by atoms with Gasteiger partial charge in [0.15, 0.2) is 0 Å². The Morgan fingerprint density at radius 2 is 1.42 bits per heavy atom. The minimum atomic E-state index is 0.180. The first kappa shape index (κ1) is 18.1. The summed E-state index contributed by atoms with van der Waals surface area (Å²) in [5.41, 5.74) is 0. The number of nitrogens with one attached hydrogen (secondary N) is 1. The quantitative estimate of drug-likeness (QED) is 0.547. The minimum absolute atomic E-state index is 0.180. The molecule has 0 fully saturated rings. The number of carbonyl (C=O) groups excluding carboxylic acids is 2. The molecule has 0 unspecified atom stereocenters. The average molecular weight is 269 g/mol. The summed E-state index contributed by atoms with van der Waals surface area (Å²) in [4.78, 5) is 22.1. The summed E-state index contributed by atoms with van der Waals surface area (Å²) in [6.45, 7) is 6.60. The Balaban J connectivity index is 3.14. The SMILES string of the molecule is CC(=O)CCCCCCCCCNC(=O)CC(C)C. The number of amides is 1. The fourth-order valence-corrected chi connectivity index (χ4v) is 2.05. The molecule has 0 rings (SSSR count). The van der Waals surface area contributed by atoms with E-state index in [2.05, 4.69) is 19.2 Å². The van der Waals surface area contributed by atoms with Crippen molar-refractivity contribution >= 4 is 11.7 Å². The lowest BCUT2D eigenvalue weighted by Gasteiger charge is -2.07. The third-order valence-corrected chi connectivity index (χ3v) is 3.12. The molecule has 0 aromatic rings. The van der Waals surface area contributed by atoms with Crippen LogP contribution in [0.4, 0.5) is 0 Å². The highest BCUT2D eigenvalue weighted by molar-refractivity contribution is 5.76. The molecule has 0 radical (unpaired) electrons. The fourth-order valence-electron chi connectivity index (χ4n) is 2.05. The number of rotatable bonds is 12. The van der Waals surface area contributed by atoms with Crippen LogP contribution in [0.1, 0.15) is 78.6 Å². The van der Waals surface area contributed by atoms with Crippen molar-refractivity contribution in [1.82, 2.24) is 5.32 Å². The second-order valence-electron chi connectivity index (χ2n) is 5.87. The normalized spacial score (nSPS) is 10.7. The summed E-state index contributed by atoms with van der Waals surface area (Å²) in [5, 5.41) is 2.96. The molecule has 0 saturated carbocycles. The van der Waals surface area contributed by atoms with Crippen LogP contribution in [-0.2, 0) is 9.59 Å². The summed E-state index contributed by atoms with van der Waals surface area (Å²) in [6, 6.07) is 0. The van der Waals surface area contributed by atoms with E-state index in [-0.39, 0.29) is 5.91 Å². The molecule has 0 aromatic carbocycles. The maximum absolute atomic E-state index is 11.4. The smallest absolute Gasteiger partial charge is 0.220 e. The highest BCUT2D eigenvalue weighted by Gasteiger charge is 2.03. The molecule has 0 saturated heterocycles. The summed E-state index contributed by atoms with van der Waals surface area (Å²) >= 11 is 0. The maximum atomic E-state index is 11.4. The second kappa shape index (κ2) is 12.2. The van der Waals surface area contributed by atoms with Crippen LogP contribution in [0.2, 0.25) is 0 Å². The molecule has 3 nitrogen and oxygen atoms in total. The van der Waals surface area contributed by atoms with Gasteiger partial charge in [-0.15, -0.1) is 0 Å². The zero-order valence-electron chi connectivity index (χ0n) is 13.0. The van der Waals surface area contributed by atoms with E-state index in [9.17, 15) is 9.59 Å². The molecular formula is C16H31NO2. The summed E-state index contributed by atoms with van der Waals surface area (Å²) in [5.74, 6) is 0.923. The van der Waals surface area contributed by atoms with Crippen LogP contribution in [0.5, 0.6) is 0 Å². The number of hydrogen-bond donors (Lipinski definition) is 1. The van der Waals surface area contributed by atoms with Crippen LogP contribution in [0.15, 0.2) is 0 Å². The van der Waals surface area contributed by atoms with Gasteiger partial charge in [0, 0.05) is 19.4 Å². The van der Waals surface area contributed by atoms with Crippen molar-refractivity contribution in [3.05, 3.63) is 0 Å². The Morgan fingerprint density at radius 1 is 0.895 bits per heavy atom. The molecule has 1 N–H and O–H groups in total. The molecule has 0 aromatic heterocycles. The largest absolute Gasteiger partial charge is 0.356 e. The topological polar surface area (TPSA) is 46.2 Å². The number of carbonyl (C=O) groups is 2. The van der Waals surface area contributed by atoms with Gasteiger partial charge in [0.25, 0.3) is 0 Å². The fraction of sp³-hybridized carbons (Fsp3) is 0.875. The molecule has 3 heteroatoms. The first-order chi connectivity index (χ1) is 9.02. The lowest BCUT2D eigenvalue weighted by atomic mass is 10.1. The van der Waals surface area contributed by atoms with E-state index in [1.54, 1.807) is 6.92 Å². The maximum Gasteiger partial charge on any atom is 0.220 e. The second-order valence-corrected chi connectivity index (χ2v) is 5.87. The van der Waals surface area contributed by atoms with Crippen LogP contribution < -0.4 is 5.32 Å². The number of unbranched alkanes of at least 4 members (excludes halogenated alkanes) is 6. The number of ketones is 1. The molecule has 1 amide bonds. The monoisotopic (exact) mass is 269 g/mol. The lowest BCUT2D eigenvalue weighted by molar-refractivity contribution is -0.121. The van der Waals surface area contributed by atoms with Gasteiger partial charge in [0.05, 0.1) is 0 Å². The van der Waals surface area contributed by atoms with Crippen LogP contribution in [0.3, 0.4) is 0 Å². The van der Waals surface area contributed by atoms with Gasteiger partial charge in [-0.2, -0.15) is 0 Å². The zero-order chi connectivity index (χ0) is 14.5. The predicted octanol–water partition coefficient (Wildman–Crippen LogP) is 3.86. The minimum Gasteiger partial charge on any atom is -0.356 e. The molecule has 0 aliphatic heterocycles. The van der Waals surface area contributed by atoms with Gasteiger partial charge in [-0.3, -0.25) is 4.79 Å². The van der Waals surface area contributed by atoms with E-state index in [1.165, 1.54) is 32.1 Å². The van der Waals surface area contributed by atoms with Crippen LogP contribution >= 0.6 is 0 Å². The molecule has 0 aliphatic carbocycles. The molecule has 0 spiro atoms. The Hall–Kier alpha value is -0.860. The van der Waals surface area contributed by atoms with Gasteiger partial charge >= 0.3 is 0 Å². The van der Waals surface area contributed by atoms with Gasteiger partial charge in [-0.05, 0) is 25.7 Å². The highest BCUT2D eigenvalue weighted by Crippen LogP contribution is 2.08. The summed E-state index contributed by atoms with van der Waals surface area (Å²) in [6.07, 6.45) is 9.57. The first-order valence-corrected chi connectivity index (χ1v) is 7.78. The van der Waals surface area contributed by atoms with Crippen LogP contribution in [-0.4, -0.2) is 18.2 Å². The third kappa shape index (κ3) is 15.1. The van der Waals surface area contributed by atoms with E-state index in [0.717, 1.165) is 25.8 Å². The predicted molar refractivity (Wildman–Crippen MR) is 80.1 cm³/mol. The van der Waals surface area contributed by atoms with E-state index < -0.39 is 0 Å². The molecule has 0 aliphatic rings. The van der Waals surface area contributed by atoms with E-state index in [4.69, 9.17) is 0 Å². The Labute approximate surface area is 118 Å². The van der Waals surface area contributed by atoms with Crippen molar-refractivity contribution in [1.29, 1.82) is 0 Å².